The summed E-state index contributed by atoms with van der Waals surface area (Å²) >= 11 is 0. The molecule has 0 fully saturated rings. The number of anilines is 1. The number of nitrogens with two attached hydrogens (primary N) is 1. The summed E-state index contributed by atoms with van der Waals surface area (Å²) in [6, 6.07) is 12.8. The number of halogens is 1. The van der Waals surface area contributed by atoms with E-state index in [-0.39, 0.29) is 11.9 Å². The number of nitrogens with zero attached hydrogens (tertiary/aromatic N) is 1. The third-order valence-corrected chi connectivity index (χ3v) is 3.49. The standard InChI is InChI=1S/C15H15FN2/c1-18-9-14(17)12-5-3-2-4-11(12)13-8-10(16)6-7-15(13)18/h2-8,14H,9,17H2,1H3. The SMILES string of the molecule is CN1CC(N)c2ccccc2-c2cc(F)ccc21. The van der Waals surface area contributed by atoms with Gasteiger partial charge in [0.1, 0.15) is 5.82 Å². The summed E-state index contributed by atoms with van der Waals surface area (Å²) in [5.74, 6) is -0.215. The highest BCUT2D eigenvalue weighted by atomic mass is 19.1. The van der Waals surface area contributed by atoms with Gasteiger partial charge in [0, 0.05) is 30.9 Å². The highest BCUT2D eigenvalue weighted by Gasteiger charge is 2.22. The van der Waals surface area contributed by atoms with Crippen LogP contribution >= 0.6 is 0 Å². The molecule has 92 valence electrons. The molecule has 2 N–H and O–H groups in total. The molecule has 0 spiro atoms. The predicted octanol–water partition coefficient (Wildman–Crippen LogP) is 2.94. The van der Waals surface area contributed by atoms with Crippen LogP contribution in [0.4, 0.5) is 10.1 Å². The van der Waals surface area contributed by atoms with Crippen molar-refractivity contribution >= 4 is 5.69 Å². The molecule has 0 aliphatic carbocycles. The Labute approximate surface area is 106 Å². The summed E-state index contributed by atoms with van der Waals surface area (Å²) in [6.07, 6.45) is 0. The van der Waals surface area contributed by atoms with Crippen LogP contribution in [0.25, 0.3) is 11.1 Å². The molecule has 0 bridgehead atoms. The summed E-state index contributed by atoms with van der Waals surface area (Å²) in [6.45, 7) is 0.732. The molecule has 2 nitrogen and oxygen atoms in total. The minimum absolute atomic E-state index is 0.0540. The molecule has 0 saturated carbocycles. The number of fused-ring (bicyclic) bond motifs is 3. The van der Waals surface area contributed by atoms with Crippen LogP contribution in [-0.4, -0.2) is 13.6 Å². The van der Waals surface area contributed by atoms with E-state index in [4.69, 9.17) is 5.73 Å². The summed E-state index contributed by atoms with van der Waals surface area (Å²) in [7, 11) is 1.99. The van der Waals surface area contributed by atoms with Gasteiger partial charge in [0.25, 0.3) is 0 Å². The van der Waals surface area contributed by atoms with E-state index in [9.17, 15) is 4.39 Å². The first-order valence-electron chi connectivity index (χ1n) is 6.02. The fourth-order valence-corrected chi connectivity index (χ4v) is 2.61. The molecule has 0 amide bonds. The molecule has 18 heavy (non-hydrogen) atoms. The molecule has 0 aromatic heterocycles. The van der Waals surface area contributed by atoms with Crippen LogP contribution in [0.2, 0.25) is 0 Å². The Kier molecular flexibility index (Phi) is 2.56. The molecule has 1 aliphatic heterocycles. The minimum Gasteiger partial charge on any atom is -0.372 e. The Morgan fingerprint density at radius 2 is 1.94 bits per heavy atom. The molecule has 1 atom stereocenters. The van der Waals surface area contributed by atoms with Gasteiger partial charge in [-0.05, 0) is 29.3 Å². The molecule has 3 heteroatoms. The van der Waals surface area contributed by atoms with Crippen molar-refractivity contribution in [3.05, 3.63) is 53.8 Å². The third-order valence-electron chi connectivity index (χ3n) is 3.49. The van der Waals surface area contributed by atoms with Gasteiger partial charge in [0.15, 0.2) is 0 Å². The lowest BCUT2D eigenvalue weighted by atomic mass is 9.96. The van der Waals surface area contributed by atoms with Gasteiger partial charge in [0.05, 0.1) is 0 Å². The maximum Gasteiger partial charge on any atom is 0.123 e. The van der Waals surface area contributed by atoms with Gasteiger partial charge in [-0.15, -0.1) is 0 Å². The van der Waals surface area contributed by atoms with Gasteiger partial charge in [-0.3, -0.25) is 0 Å². The Balaban J connectivity index is 2.31. The van der Waals surface area contributed by atoms with Crippen LogP contribution in [0.15, 0.2) is 42.5 Å². The van der Waals surface area contributed by atoms with E-state index in [1.165, 1.54) is 6.07 Å². The monoisotopic (exact) mass is 242 g/mol. The third kappa shape index (κ3) is 1.68. The van der Waals surface area contributed by atoms with Gasteiger partial charge in [-0.2, -0.15) is 0 Å². The lowest BCUT2D eigenvalue weighted by Gasteiger charge is -2.21. The fourth-order valence-electron chi connectivity index (χ4n) is 2.61. The first kappa shape index (κ1) is 11.2. The van der Waals surface area contributed by atoms with E-state index in [1.807, 2.05) is 37.4 Å². The average molecular weight is 242 g/mol. The lowest BCUT2D eigenvalue weighted by Crippen LogP contribution is -2.27. The molecule has 0 radical (unpaired) electrons. The van der Waals surface area contributed by atoms with Gasteiger partial charge in [-0.1, -0.05) is 24.3 Å². The van der Waals surface area contributed by atoms with Crippen LogP contribution in [0.3, 0.4) is 0 Å². The molecular formula is C15H15FN2. The number of hydrogen-bond donors (Lipinski definition) is 1. The van der Waals surface area contributed by atoms with Crippen LogP contribution < -0.4 is 10.6 Å². The Morgan fingerprint density at radius 1 is 1.17 bits per heavy atom. The molecule has 1 heterocycles. The zero-order chi connectivity index (χ0) is 12.7. The molecule has 0 saturated heterocycles. The average Bonchev–Trinajstić information content (AvgIpc) is 2.47. The molecule has 2 aromatic rings. The maximum absolute atomic E-state index is 13.5. The van der Waals surface area contributed by atoms with Crippen molar-refractivity contribution in [2.24, 2.45) is 5.73 Å². The zero-order valence-electron chi connectivity index (χ0n) is 10.2. The molecule has 3 rings (SSSR count). The van der Waals surface area contributed by atoms with Crippen molar-refractivity contribution in [1.29, 1.82) is 0 Å². The predicted molar refractivity (Wildman–Crippen MR) is 72.0 cm³/mol. The van der Waals surface area contributed by atoms with E-state index >= 15 is 0 Å². The smallest absolute Gasteiger partial charge is 0.123 e. The van der Waals surface area contributed by atoms with Crippen LogP contribution in [-0.2, 0) is 0 Å². The number of benzene rings is 2. The normalized spacial score (nSPS) is 17.9. The van der Waals surface area contributed by atoms with Gasteiger partial charge in [-0.25, -0.2) is 4.39 Å². The van der Waals surface area contributed by atoms with Crippen LogP contribution in [0.1, 0.15) is 11.6 Å². The minimum atomic E-state index is -0.215. The summed E-state index contributed by atoms with van der Waals surface area (Å²) in [5.41, 5.74) is 10.3. The van der Waals surface area contributed by atoms with Gasteiger partial charge < -0.3 is 10.6 Å². The molecule has 1 aliphatic rings. The molecular weight excluding hydrogens is 227 g/mol. The van der Waals surface area contributed by atoms with E-state index in [1.54, 1.807) is 6.07 Å². The second kappa shape index (κ2) is 4.10. The Morgan fingerprint density at radius 3 is 2.78 bits per heavy atom. The number of rotatable bonds is 0. The Bertz CT molecular complexity index is 595. The summed E-state index contributed by atoms with van der Waals surface area (Å²) in [5, 5.41) is 0. The van der Waals surface area contributed by atoms with Crippen molar-refractivity contribution in [3.8, 4) is 11.1 Å². The molecule has 1 unspecified atom stereocenters. The summed E-state index contributed by atoms with van der Waals surface area (Å²) < 4.78 is 13.5. The second-order valence-electron chi connectivity index (χ2n) is 4.74. The largest absolute Gasteiger partial charge is 0.372 e. The number of likely N-dealkylation sites (N-methyl/N-ethyl adjacent to an activating group) is 1. The zero-order valence-corrected chi connectivity index (χ0v) is 10.2. The topological polar surface area (TPSA) is 29.3 Å². The van der Waals surface area contributed by atoms with Crippen LogP contribution in [0.5, 0.6) is 0 Å². The maximum atomic E-state index is 13.5. The van der Waals surface area contributed by atoms with Crippen molar-refractivity contribution in [1.82, 2.24) is 0 Å². The van der Waals surface area contributed by atoms with E-state index < -0.39 is 0 Å². The Hall–Kier alpha value is -1.87. The molecule has 2 aromatic carbocycles. The second-order valence-corrected chi connectivity index (χ2v) is 4.74. The van der Waals surface area contributed by atoms with Crippen molar-refractivity contribution < 1.29 is 4.39 Å². The van der Waals surface area contributed by atoms with Gasteiger partial charge in [0.2, 0.25) is 0 Å². The van der Waals surface area contributed by atoms with Crippen molar-refractivity contribution in [3.63, 3.8) is 0 Å². The van der Waals surface area contributed by atoms with E-state index in [0.717, 1.165) is 28.9 Å². The lowest BCUT2D eigenvalue weighted by molar-refractivity contribution is 0.628. The number of hydrogen-bond acceptors (Lipinski definition) is 2. The fraction of sp³-hybridized carbons (Fsp3) is 0.200. The first-order valence-corrected chi connectivity index (χ1v) is 6.02. The van der Waals surface area contributed by atoms with Crippen molar-refractivity contribution in [2.45, 2.75) is 6.04 Å². The highest BCUT2D eigenvalue weighted by Crippen LogP contribution is 2.38. The quantitative estimate of drug-likeness (QED) is 0.769. The van der Waals surface area contributed by atoms with Crippen molar-refractivity contribution in [2.75, 3.05) is 18.5 Å². The first-order chi connectivity index (χ1) is 8.66. The summed E-state index contributed by atoms with van der Waals surface area (Å²) in [4.78, 5) is 2.08. The van der Waals surface area contributed by atoms with E-state index in [0.29, 0.717) is 0 Å². The van der Waals surface area contributed by atoms with E-state index in [2.05, 4.69) is 4.90 Å². The van der Waals surface area contributed by atoms with Crippen LogP contribution in [0, 0.1) is 5.82 Å². The highest BCUT2D eigenvalue weighted by molar-refractivity contribution is 5.82. The van der Waals surface area contributed by atoms with Gasteiger partial charge >= 0.3 is 0 Å².